The summed E-state index contributed by atoms with van der Waals surface area (Å²) in [7, 11) is 0. The molecule has 25 heavy (non-hydrogen) atoms. The third-order valence-corrected chi connectivity index (χ3v) is 3.80. The monoisotopic (exact) mass is 342 g/mol. The fourth-order valence-corrected chi connectivity index (χ4v) is 2.38. The first-order chi connectivity index (χ1) is 12.4. The molecule has 1 atom stereocenters. The number of nitrogens with zero attached hydrogens (tertiary/aromatic N) is 2. The van der Waals surface area contributed by atoms with Gasteiger partial charge in [-0.05, 0) is 25.0 Å². The predicted octanol–water partition coefficient (Wildman–Crippen LogP) is 3.41. The van der Waals surface area contributed by atoms with E-state index in [0.717, 1.165) is 11.0 Å². The van der Waals surface area contributed by atoms with Crippen LogP contribution in [0.2, 0.25) is 0 Å². The summed E-state index contributed by atoms with van der Waals surface area (Å²) in [5.74, 6) is -0.655. The number of rotatable bonds is 9. The SMILES string of the molecule is [3H]C(C)C(=O)CCCCCN1C(=O)C=C(Oc2ccc([N+]#[C-])cc2)C1=O. The molecule has 0 saturated heterocycles. The Morgan fingerprint density at radius 1 is 1.24 bits per heavy atom. The van der Waals surface area contributed by atoms with E-state index in [1.165, 1.54) is 0 Å². The molecule has 2 rings (SSSR count). The first kappa shape index (κ1) is 16.9. The summed E-state index contributed by atoms with van der Waals surface area (Å²) < 4.78 is 12.8. The molecule has 0 bridgehead atoms. The first-order valence-corrected chi connectivity index (χ1v) is 8.10. The maximum absolute atomic E-state index is 12.3. The zero-order chi connectivity index (χ0) is 19.1. The minimum atomic E-state index is -0.704. The Hall–Kier alpha value is -2.94. The Bertz CT molecular complexity index is 763. The number of amides is 2. The average Bonchev–Trinajstić information content (AvgIpc) is 2.89. The molecule has 6 heteroatoms. The molecule has 0 spiro atoms. The van der Waals surface area contributed by atoms with Crippen LogP contribution in [0.1, 0.15) is 40.4 Å². The predicted molar refractivity (Wildman–Crippen MR) is 91.9 cm³/mol. The van der Waals surface area contributed by atoms with E-state index in [4.69, 9.17) is 12.7 Å². The van der Waals surface area contributed by atoms with Gasteiger partial charge < -0.3 is 4.74 Å². The van der Waals surface area contributed by atoms with Gasteiger partial charge >= 0.3 is 0 Å². The maximum atomic E-state index is 12.3. The molecule has 0 saturated carbocycles. The number of ketones is 1. The van der Waals surface area contributed by atoms with Gasteiger partial charge in [0.05, 0.1) is 12.6 Å². The zero-order valence-electron chi connectivity index (χ0n) is 15.0. The zero-order valence-corrected chi connectivity index (χ0v) is 14.0. The van der Waals surface area contributed by atoms with Crippen molar-refractivity contribution in [2.75, 3.05) is 6.54 Å². The van der Waals surface area contributed by atoms with E-state index >= 15 is 0 Å². The average molecular weight is 342 g/mol. The molecule has 6 nitrogen and oxygen atoms in total. The largest absolute Gasteiger partial charge is 0.451 e. The molecule has 1 heterocycles. The fraction of sp³-hybridized carbons (Fsp3) is 0.368. The molecule has 0 aliphatic carbocycles. The van der Waals surface area contributed by atoms with Gasteiger partial charge in [0.2, 0.25) is 0 Å². The Balaban J connectivity index is 1.80. The highest BCUT2D eigenvalue weighted by Gasteiger charge is 2.32. The van der Waals surface area contributed by atoms with Crippen molar-refractivity contribution in [2.24, 2.45) is 0 Å². The Morgan fingerprint density at radius 2 is 1.96 bits per heavy atom. The van der Waals surface area contributed by atoms with Gasteiger partial charge in [0.15, 0.2) is 11.4 Å². The fourth-order valence-electron chi connectivity index (χ4n) is 2.38. The second kappa shape index (κ2) is 8.78. The Kier molecular flexibility index (Phi) is 5.94. The van der Waals surface area contributed by atoms with Gasteiger partial charge in [-0.25, -0.2) is 4.85 Å². The van der Waals surface area contributed by atoms with Gasteiger partial charge in [-0.15, -0.1) is 0 Å². The lowest BCUT2D eigenvalue weighted by molar-refractivity contribution is -0.138. The van der Waals surface area contributed by atoms with E-state index in [1.807, 2.05) is 0 Å². The molecule has 1 aromatic rings. The molecule has 1 aliphatic heterocycles. The third kappa shape index (κ3) is 5.01. The van der Waals surface area contributed by atoms with Crippen molar-refractivity contribution in [3.8, 4) is 5.75 Å². The van der Waals surface area contributed by atoms with Gasteiger partial charge in [0.1, 0.15) is 11.5 Å². The highest BCUT2D eigenvalue weighted by atomic mass is 16.5. The number of carbonyl (C=O) groups excluding carboxylic acids is 3. The number of hydrogen-bond acceptors (Lipinski definition) is 4. The summed E-state index contributed by atoms with van der Waals surface area (Å²) in [5, 5.41) is 0. The van der Waals surface area contributed by atoms with Crippen LogP contribution in [-0.2, 0) is 14.4 Å². The number of ether oxygens (including phenoxy) is 1. The summed E-state index contributed by atoms with van der Waals surface area (Å²) in [4.78, 5) is 40.0. The molecule has 0 fully saturated rings. The number of unbranched alkanes of at least 4 members (excludes halogenated alkanes) is 2. The van der Waals surface area contributed by atoms with E-state index in [1.54, 1.807) is 31.2 Å². The molecule has 1 aromatic carbocycles. The maximum Gasteiger partial charge on any atom is 0.296 e. The standard InChI is InChI=1S/C19H20N2O4/c1-3-15(22)7-5-4-6-12-21-18(23)13-17(19(21)24)25-16-10-8-14(20-2)9-11-16/h8-11,13H,3-7,12H2,1H3/i3T. The van der Waals surface area contributed by atoms with Crippen molar-refractivity contribution < 1.29 is 20.5 Å². The van der Waals surface area contributed by atoms with Crippen molar-refractivity contribution in [3.63, 3.8) is 0 Å². The Morgan fingerprint density at radius 3 is 2.60 bits per heavy atom. The molecule has 1 aliphatic rings. The molecular formula is C19H20N2O4. The lowest BCUT2D eigenvalue weighted by atomic mass is 10.1. The van der Waals surface area contributed by atoms with E-state index in [9.17, 15) is 14.4 Å². The van der Waals surface area contributed by atoms with Crippen LogP contribution in [0.3, 0.4) is 0 Å². The molecule has 1 unspecified atom stereocenters. The van der Waals surface area contributed by atoms with Crippen LogP contribution in [0.15, 0.2) is 36.1 Å². The van der Waals surface area contributed by atoms with E-state index in [0.29, 0.717) is 37.1 Å². The minimum Gasteiger partial charge on any atom is -0.451 e. The van der Waals surface area contributed by atoms with E-state index in [2.05, 4.69) is 4.85 Å². The van der Waals surface area contributed by atoms with Crippen molar-refractivity contribution in [1.82, 2.24) is 4.90 Å². The number of hydrogen-bond donors (Lipinski definition) is 0. The molecule has 130 valence electrons. The smallest absolute Gasteiger partial charge is 0.296 e. The van der Waals surface area contributed by atoms with Crippen LogP contribution in [-0.4, -0.2) is 29.0 Å². The highest BCUT2D eigenvalue weighted by Crippen LogP contribution is 2.23. The number of benzene rings is 1. The summed E-state index contributed by atoms with van der Waals surface area (Å²) in [6.45, 7) is 8.72. The molecular weight excluding hydrogens is 320 g/mol. The molecule has 0 radical (unpaired) electrons. The molecule has 0 N–H and O–H groups in total. The lowest BCUT2D eigenvalue weighted by Gasteiger charge is -2.14. The first-order valence-electron chi connectivity index (χ1n) is 8.68. The van der Waals surface area contributed by atoms with Crippen LogP contribution >= 0.6 is 0 Å². The van der Waals surface area contributed by atoms with E-state index in [-0.39, 0.29) is 18.1 Å². The number of carbonyl (C=O) groups is 3. The lowest BCUT2D eigenvalue weighted by Crippen LogP contribution is -2.32. The van der Waals surface area contributed by atoms with Crippen molar-refractivity contribution >= 4 is 23.3 Å². The van der Waals surface area contributed by atoms with E-state index < -0.39 is 18.2 Å². The number of imide groups is 1. The highest BCUT2D eigenvalue weighted by molar-refractivity contribution is 6.15. The summed E-state index contributed by atoms with van der Waals surface area (Å²) in [5.41, 5.74) is 0.458. The summed E-state index contributed by atoms with van der Waals surface area (Å²) in [6, 6.07) is 6.28. The second-order valence-electron chi connectivity index (χ2n) is 5.58. The van der Waals surface area contributed by atoms with Crippen molar-refractivity contribution in [2.45, 2.75) is 39.0 Å². The summed E-state index contributed by atoms with van der Waals surface area (Å²) >= 11 is 0. The quantitative estimate of drug-likeness (QED) is 0.392. The Labute approximate surface area is 148 Å². The molecule has 2 amide bonds. The van der Waals surface area contributed by atoms with Gasteiger partial charge in [-0.1, -0.05) is 25.5 Å². The van der Waals surface area contributed by atoms with Gasteiger partial charge in [-0.3, -0.25) is 19.3 Å². The van der Waals surface area contributed by atoms with Crippen LogP contribution in [0, 0.1) is 6.57 Å². The van der Waals surface area contributed by atoms with Crippen LogP contribution in [0.4, 0.5) is 5.69 Å². The minimum absolute atomic E-state index is 0.0382. The topological polar surface area (TPSA) is 68.0 Å². The van der Waals surface area contributed by atoms with Gasteiger partial charge in [0.25, 0.3) is 11.8 Å². The van der Waals surface area contributed by atoms with Gasteiger partial charge in [-0.2, -0.15) is 0 Å². The van der Waals surface area contributed by atoms with Crippen LogP contribution in [0.25, 0.3) is 4.85 Å². The van der Waals surface area contributed by atoms with Crippen molar-refractivity contribution in [3.05, 3.63) is 47.5 Å². The van der Waals surface area contributed by atoms with Crippen LogP contribution in [0.5, 0.6) is 5.75 Å². The van der Waals surface area contributed by atoms with Crippen molar-refractivity contribution in [1.29, 1.82) is 0 Å². The number of Topliss-reactive ketones (excluding diaryl/α,β-unsaturated/α-hetero) is 1. The summed E-state index contributed by atoms with van der Waals surface area (Å²) in [6.07, 6.45) is 2.74. The second-order valence-corrected chi connectivity index (χ2v) is 5.58. The van der Waals surface area contributed by atoms with Gasteiger partial charge in [0, 0.05) is 20.7 Å². The normalized spacial score (nSPS) is 15.4. The third-order valence-electron chi connectivity index (χ3n) is 3.80. The molecule has 0 aromatic heterocycles. The van der Waals surface area contributed by atoms with Crippen LogP contribution < -0.4 is 4.74 Å².